The first-order chi connectivity index (χ1) is 13.9. The van der Waals surface area contributed by atoms with Gasteiger partial charge in [0.2, 0.25) is 0 Å². The predicted molar refractivity (Wildman–Crippen MR) is 121 cm³/mol. The molecule has 0 saturated heterocycles. The molecule has 8 atom stereocenters. The highest BCUT2D eigenvalue weighted by Crippen LogP contribution is 2.62. The number of rotatable bonds is 2. The molecule has 3 heteroatoms. The second kappa shape index (κ2) is 7.45. The average Bonchev–Trinajstić information content (AvgIpc) is 2.69. The van der Waals surface area contributed by atoms with Crippen molar-refractivity contribution in [1.82, 2.24) is 0 Å². The summed E-state index contributed by atoms with van der Waals surface area (Å²) in [6.45, 7) is 4.67. The zero-order valence-electron chi connectivity index (χ0n) is 18.2. The Hall–Kier alpha value is -0.730. The molecule has 0 radical (unpaired) electrons. The molecule has 0 aliphatic heterocycles. The van der Waals surface area contributed by atoms with E-state index in [9.17, 15) is 5.11 Å². The maximum Gasteiger partial charge on any atom is 0.0622 e. The van der Waals surface area contributed by atoms with Crippen LogP contribution in [0.1, 0.15) is 78.1 Å². The smallest absolute Gasteiger partial charge is 0.0622 e. The largest absolute Gasteiger partial charge is 0.390 e. The molecule has 0 aromatic heterocycles. The Balaban J connectivity index is 1.34. The normalized spacial score (nSPS) is 46.9. The van der Waals surface area contributed by atoms with Crippen LogP contribution in [-0.2, 0) is 0 Å². The van der Waals surface area contributed by atoms with Crippen LogP contribution in [0, 0.1) is 35.0 Å². The fourth-order valence-corrected chi connectivity index (χ4v) is 8.39. The van der Waals surface area contributed by atoms with Crippen molar-refractivity contribution in [3.05, 3.63) is 29.3 Å². The van der Waals surface area contributed by atoms with Gasteiger partial charge in [0.15, 0.2) is 0 Å². The minimum atomic E-state index is -0.407. The molecular formula is C26H38ClNO. The number of hydrogen-bond acceptors (Lipinski definition) is 2. The summed E-state index contributed by atoms with van der Waals surface area (Å²) in [6, 6.07) is 8.86. The standard InChI is InChI=1S/C26H38ClNO/c1-25(29)14-12-20-17(16-25)6-11-22-21(20)13-15-26(2)23(22)4-3-5-24(26)28-19-9-7-18(27)8-10-19/h7-10,17,20-24,28-29H,3-6,11-16H2,1-2H3/t17-,20+,21-,22-,23+,24+,25-,26+/m1/s1. The number of aliphatic hydroxyl groups is 1. The van der Waals surface area contributed by atoms with Crippen molar-refractivity contribution >= 4 is 17.3 Å². The minimum absolute atomic E-state index is 0.407. The second-order valence-electron chi connectivity index (χ2n) is 11.4. The SMILES string of the molecule is C[C@@]1(O)CC[C@H]2[C@H](CC[C@@H]3[C@@H]2CC[C@]2(C)[C@@H](Nc4ccc(Cl)cc4)CCC[C@@H]32)C1. The van der Waals surface area contributed by atoms with E-state index in [-0.39, 0.29) is 0 Å². The van der Waals surface area contributed by atoms with Gasteiger partial charge in [0.1, 0.15) is 0 Å². The quantitative estimate of drug-likeness (QED) is 0.549. The number of benzene rings is 1. The molecule has 0 bridgehead atoms. The van der Waals surface area contributed by atoms with Gasteiger partial charge in [0, 0.05) is 16.8 Å². The van der Waals surface area contributed by atoms with Crippen LogP contribution in [0.5, 0.6) is 0 Å². The van der Waals surface area contributed by atoms with E-state index in [0.29, 0.717) is 11.5 Å². The van der Waals surface area contributed by atoms with Gasteiger partial charge in [-0.3, -0.25) is 0 Å². The molecule has 2 N–H and O–H groups in total. The molecule has 0 unspecified atom stereocenters. The highest BCUT2D eigenvalue weighted by Gasteiger charge is 2.56. The molecule has 4 saturated carbocycles. The third kappa shape index (κ3) is 3.63. The van der Waals surface area contributed by atoms with E-state index in [0.717, 1.165) is 47.5 Å². The summed E-state index contributed by atoms with van der Waals surface area (Å²) in [7, 11) is 0. The van der Waals surface area contributed by atoms with Crippen LogP contribution < -0.4 is 5.32 Å². The fourth-order valence-electron chi connectivity index (χ4n) is 8.26. The number of hydrogen-bond donors (Lipinski definition) is 2. The van der Waals surface area contributed by atoms with Crippen molar-refractivity contribution in [1.29, 1.82) is 0 Å². The number of nitrogens with one attached hydrogen (secondary N) is 1. The molecule has 4 fully saturated rings. The van der Waals surface area contributed by atoms with E-state index in [1.165, 1.54) is 57.1 Å². The van der Waals surface area contributed by atoms with Crippen LogP contribution in [-0.4, -0.2) is 16.7 Å². The van der Waals surface area contributed by atoms with Crippen LogP contribution in [0.2, 0.25) is 5.02 Å². The van der Waals surface area contributed by atoms with Crippen LogP contribution in [0.15, 0.2) is 24.3 Å². The van der Waals surface area contributed by atoms with Crippen molar-refractivity contribution < 1.29 is 5.11 Å². The Kier molecular flexibility index (Phi) is 5.18. The first-order valence-corrected chi connectivity index (χ1v) is 12.5. The molecule has 5 rings (SSSR count). The number of anilines is 1. The van der Waals surface area contributed by atoms with E-state index in [4.69, 9.17) is 11.6 Å². The Bertz CT molecular complexity index is 731. The van der Waals surface area contributed by atoms with Crippen LogP contribution in [0.4, 0.5) is 5.69 Å². The van der Waals surface area contributed by atoms with E-state index < -0.39 is 5.60 Å². The lowest BCUT2D eigenvalue weighted by Gasteiger charge is -2.61. The molecule has 29 heavy (non-hydrogen) atoms. The monoisotopic (exact) mass is 415 g/mol. The summed E-state index contributed by atoms with van der Waals surface area (Å²) >= 11 is 6.10. The van der Waals surface area contributed by atoms with E-state index in [1.54, 1.807) is 0 Å². The zero-order valence-corrected chi connectivity index (χ0v) is 18.9. The van der Waals surface area contributed by atoms with Gasteiger partial charge in [0.25, 0.3) is 0 Å². The zero-order chi connectivity index (χ0) is 20.2. The van der Waals surface area contributed by atoms with Gasteiger partial charge >= 0.3 is 0 Å². The van der Waals surface area contributed by atoms with Gasteiger partial charge in [-0.05, 0) is 124 Å². The highest BCUT2D eigenvalue weighted by atomic mass is 35.5. The average molecular weight is 416 g/mol. The lowest BCUT2D eigenvalue weighted by atomic mass is 9.46. The molecule has 4 aliphatic rings. The number of fused-ring (bicyclic) bond motifs is 5. The lowest BCUT2D eigenvalue weighted by Crippen LogP contribution is -2.56. The Morgan fingerprint density at radius 1 is 0.897 bits per heavy atom. The molecule has 0 amide bonds. The van der Waals surface area contributed by atoms with Crippen molar-refractivity contribution in [2.24, 2.45) is 35.0 Å². The Morgan fingerprint density at radius 2 is 1.66 bits per heavy atom. The number of halogens is 1. The summed E-state index contributed by atoms with van der Waals surface area (Å²) in [4.78, 5) is 0. The van der Waals surface area contributed by atoms with Crippen LogP contribution >= 0.6 is 11.6 Å². The van der Waals surface area contributed by atoms with Gasteiger partial charge in [-0.1, -0.05) is 24.9 Å². The molecular weight excluding hydrogens is 378 g/mol. The molecule has 2 nitrogen and oxygen atoms in total. The minimum Gasteiger partial charge on any atom is -0.390 e. The van der Waals surface area contributed by atoms with Gasteiger partial charge in [0.05, 0.1) is 5.60 Å². The van der Waals surface area contributed by atoms with Crippen molar-refractivity contribution in [2.75, 3.05) is 5.32 Å². The predicted octanol–water partition coefficient (Wildman–Crippen LogP) is 6.91. The summed E-state index contributed by atoms with van der Waals surface area (Å²) in [6.07, 6.45) is 12.9. The van der Waals surface area contributed by atoms with Crippen molar-refractivity contribution in [3.63, 3.8) is 0 Å². The van der Waals surface area contributed by atoms with Gasteiger partial charge < -0.3 is 10.4 Å². The van der Waals surface area contributed by atoms with Gasteiger partial charge in [-0.25, -0.2) is 0 Å². The first kappa shape index (κ1) is 20.2. The topological polar surface area (TPSA) is 32.3 Å². The maximum atomic E-state index is 10.6. The van der Waals surface area contributed by atoms with Crippen molar-refractivity contribution in [3.8, 4) is 0 Å². The third-order valence-electron chi connectivity index (χ3n) is 9.66. The summed E-state index contributed by atoms with van der Waals surface area (Å²) in [5.74, 6) is 4.34. The Labute approximate surface area is 181 Å². The van der Waals surface area contributed by atoms with Crippen LogP contribution in [0.25, 0.3) is 0 Å². The highest BCUT2D eigenvalue weighted by molar-refractivity contribution is 6.30. The third-order valence-corrected chi connectivity index (χ3v) is 9.92. The maximum absolute atomic E-state index is 10.6. The lowest BCUT2D eigenvalue weighted by molar-refractivity contribution is -0.113. The van der Waals surface area contributed by atoms with Crippen molar-refractivity contribution in [2.45, 2.75) is 89.7 Å². The molecule has 0 heterocycles. The molecule has 160 valence electrons. The van der Waals surface area contributed by atoms with Gasteiger partial charge in [-0.15, -0.1) is 0 Å². The molecule has 1 aromatic carbocycles. The molecule has 0 spiro atoms. The summed E-state index contributed by atoms with van der Waals surface area (Å²) in [5.41, 5.74) is 1.23. The first-order valence-electron chi connectivity index (χ1n) is 12.1. The summed E-state index contributed by atoms with van der Waals surface area (Å²) in [5, 5.41) is 15.3. The summed E-state index contributed by atoms with van der Waals surface area (Å²) < 4.78 is 0. The second-order valence-corrected chi connectivity index (χ2v) is 11.8. The Morgan fingerprint density at radius 3 is 2.45 bits per heavy atom. The van der Waals surface area contributed by atoms with E-state index >= 15 is 0 Å². The van der Waals surface area contributed by atoms with Crippen LogP contribution in [0.3, 0.4) is 0 Å². The van der Waals surface area contributed by atoms with Gasteiger partial charge in [-0.2, -0.15) is 0 Å². The van der Waals surface area contributed by atoms with E-state index in [2.05, 4.69) is 31.3 Å². The molecule has 1 aromatic rings. The van der Waals surface area contributed by atoms with E-state index in [1.807, 2.05) is 12.1 Å². The molecule has 4 aliphatic carbocycles. The fraction of sp³-hybridized carbons (Fsp3) is 0.769.